The topological polar surface area (TPSA) is 83.3 Å². The van der Waals surface area contributed by atoms with Gasteiger partial charge in [-0.2, -0.15) is 17.0 Å². The number of hydrogen-bond acceptors (Lipinski definition) is 6. The molecule has 1 aromatic heterocycles. The molecule has 2 saturated heterocycles. The van der Waals surface area contributed by atoms with Crippen molar-refractivity contribution in [1.82, 2.24) is 13.5 Å². The summed E-state index contributed by atoms with van der Waals surface area (Å²) in [6, 6.07) is 7.54. The van der Waals surface area contributed by atoms with Gasteiger partial charge in [-0.15, -0.1) is 0 Å². The minimum absolute atomic E-state index is 0.105. The Morgan fingerprint density at radius 1 is 1.00 bits per heavy atom. The van der Waals surface area contributed by atoms with Gasteiger partial charge in [0.25, 0.3) is 10.2 Å². The van der Waals surface area contributed by atoms with Crippen molar-refractivity contribution in [3.05, 3.63) is 45.8 Å². The lowest BCUT2D eigenvalue weighted by Gasteiger charge is -2.40. The van der Waals surface area contributed by atoms with Crippen LogP contribution in [-0.2, 0) is 27.9 Å². The molecule has 2 aliphatic heterocycles. The molecule has 2 aliphatic rings. The van der Waals surface area contributed by atoms with E-state index < -0.39 is 10.2 Å². The first-order valence-electron chi connectivity index (χ1n) is 10.9. The predicted octanol–water partition coefficient (Wildman–Crippen LogP) is 1.83. The van der Waals surface area contributed by atoms with E-state index in [2.05, 4.69) is 17.9 Å². The Bertz CT molecular complexity index is 1080. The summed E-state index contributed by atoms with van der Waals surface area (Å²) < 4.78 is 40.4. The van der Waals surface area contributed by atoms with Crippen LogP contribution in [0.2, 0.25) is 0 Å². The van der Waals surface area contributed by atoms with Crippen LogP contribution >= 0.6 is 0 Å². The van der Waals surface area contributed by atoms with Crippen molar-refractivity contribution in [2.75, 3.05) is 39.3 Å². The Morgan fingerprint density at radius 3 is 2.32 bits per heavy atom. The molecule has 3 heterocycles. The molecule has 2 atom stereocenters. The second kappa shape index (κ2) is 8.99. The fourth-order valence-electron chi connectivity index (χ4n) is 4.47. The number of morpholine rings is 1. The monoisotopic (exact) mass is 449 g/mol. The van der Waals surface area contributed by atoms with E-state index in [0.29, 0.717) is 51.4 Å². The van der Waals surface area contributed by atoms with Gasteiger partial charge in [-0.25, -0.2) is 4.79 Å². The van der Waals surface area contributed by atoms with Crippen LogP contribution in [0.15, 0.2) is 33.5 Å². The third kappa shape index (κ3) is 4.85. The average molecular weight is 450 g/mol. The van der Waals surface area contributed by atoms with Gasteiger partial charge in [0.1, 0.15) is 5.58 Å². The normalized spacial score (nSPS) is 24.6. The maximum Gasteiger partial charge on any atom is 0.336 e. The quantitative estimate of drug-likeness (QED) is 0.648. The molecule has 8 nitrogen and oxygen atoms in total. The molecule has 170 valence electrons. The van der Waals surface area contributed by atoms with E-state index in [1.165, 1.54) is 0 Å². The first-order valence-corrected chi connectivity index (χ1v) is 12.3. The summed E-state index contributed by atoms with van der Waals surface area (Å²) in [6.45, 7) is 9.33. The molecular formula is C22H31N3O5S. The van der Waals surface area contributed by atoms with Gasteiger partial charge >= 0.3 is 5.63 Å². The zero-order valence-corrected chi connectivity index (χ0v) is 19.2. The lowest BCUT2D eigenvalue weighted by Crippen LogP contribution is -2.57. The molecule has 0 N–H and O–H groups in total. The summed E-state index contributed by atoms with van der Waals surface area (Å²) in [5.41, 5.74) is 2.30. The number of benzene rings is 1. The SMILES string of the molecule is CCc1ccc2c(CN3CCN(S(=O)(=O)N4CC(C)OC(C)C4)CC3)cc(=O)oc2c1. The summed E-state index contributed by atoms with van der Waals surface area (Å²) in [6.07, 6.45) is 0.665. The van der Waals surface area contributed by atoms with E-state index >= 15 is 0 Å². The third-order valence-electron chi connectivity index (χ3n) is 6.07. The molecule has 0 radical (unpaired) electrons. The highest BCUT2D eigenvalue weighted by atomic mass is 32.2. The van der Waals surface area contributed by atoms with Crippen molar-refractivity contribution < 1.29 is 17.6 Å². The van der Waals surface area contributed by atoms with E-state index in [4.69, 9.17) is 9.15 Å². The number of hydrogen-bond donors (Lipinski definition) is 0. The average Bonchev–Trinajstić information content (AvgIpc) is 2.73. The highest BCUT2D eigenvalue weighted by Crippen LogP contribution is 2.23. The standard InChI is InChI=1S/C22H31N3O5S/c1-4-18-5-6-20-19(12-22(26)30-21(20)11-18)15-23-7-9-24(10-8-23)31(27,28)25-13-16(2)29-17(3)14-25/h5-6,11-12,16-17H,4,7-10,13-15H2,1-3H3. The van der Waals surface area contributed by atoms with E-state index in [1.54, 1.807) is 14.7 Å². The van der Waals surface area contributed by atoms with Gasteiger partial charge < -0.3 is 9.15 Å². The fourth-order valence-corrected chi connectivity index (χ4v) is 6.21. The molecule has 1 aromatic carbocycles. The van der Waals surface area contributed by atoms with Gasteiger partial charge in [-0.05, 0) is 37.5 Å². The van der Waals surface area contributed by atoms with Crippen molar-refractivity contribution in [1.29, 1.82) is 0 Å². The van der Waals surface area contributed by atoms with Gasteiger partial charge in [-0.3, -0.25) is 4.90 Å². The number of nitrogens with zero attached hydrogens (tertiary/aromatic N) is 3. The molecule has 0 saturated carbocycles. The molecule has 0 amide bonds. The second-order valence-corrected chi connectivity index (χ2v) is 10.5. The van der Waals surface area contributed by atoms with Crippen LogP contribution in [0.25, 0.3) is 11.0 Å². The summed E-state index contributed by atoms with van der Waals surface area (Å²) >= 11 is 0. The zero-order chi connectivity index (χ0) is 22.2. The first kappa shape index (κ1) is 22.4. The third-order valence-corrected chi connectivity index (χ3v) is 8.04. The Hall–Kier alpha value is -1.78. The van der Waals surface area contributed by atoms with Crippen molar-refractivity contribution >= 4 is 21.2 Å². The molecule has 9 heteroatoms. The van der Waals surface area contributed by atoms with Crippen molar-refractivity contribution in [2.24, 2.45) is 0 Å². The van der Waals surface area contributed by atoms with Crippen LogP contribution in [0.3, 0.4) is 0 Å². The van der Waals surface area contributed by atoms with Crippen molar-refractivity contribution in [2.45, 2.75) is 45.9 Å². The second-order valence-electron chi connectivity index (χ2n) is 8.53. The van der Waals surface area contributed by atoms with Gasteiger partial charge in [0.2, 0.25) is 0 Å². The highest BCUT2D eigenvalue weighted by molar-refractivity contribution is 7.86. The van der Waals surface area contributed by atoms with Gasteiger partial charge in [-0.1, -0.05) is 19.1 Å². The Labute approximate surface area is 183 Å². The van der Waals surface area contributed by atoms with Gasteiger partial charge in [0, 0.05) is 57.3 Å². The molecular weight excluding hydrogens is 418 g/mol. The van der Waals surface area contributed by atoms with Crippen molar-refractivity contribution in [3.63, 3.8) is 0 Å². The number of ether oxygens (including phenoxy) is 1. The molecule has 2 fully saturated rings. The van der Waals surface area contributed by atoms with Crippen LogP contribution < -0.4 is 5.63 Å². The summed E-state index contributed by atoms with van der Waals surface area (Å²) in [5, 5.41) is 0.933. The molecule has 2 unspecified atom stereocenters. The number of fused-ring (bicyclic) bond motifs is 1. The van der Waals surface area contributed by atoms with Crippen LogP contribution in [0.5, 0.6) is 0 Å². The van der Waals surface area contributed by atoms with E-state index in [0.717, 1.165) is 22.9 Å². The lowest BCUT2D eigenvalue weighted by atomic mass is 10.1. The van der Waals surface area contributed by atoms with Crippen LogP contribution in [0.1, 0.15) is 31.9 Å². The molecule has 0 bridgehead atoms. The van der Waals surface area contributed by atoms with E-state index in [9.17, 15) is 13.2 Å². The van der Waals surface area contributed by atoms with E-state index in [-0.39, 0.29) is 17.8 Å². The Morgan fingerprint density at radius 2 is 1.68 bits per heavy atom. The maximum absolute atomic E-state index is 13.1. The van der Waals surface area contributed by atoms with Gasteiger partial charge in [0.15, 0.2) is 0 Å². The number of piperazine rings is 1. The summed E-state index contributed by atoms with van der Waals surface area (Å²) in [5.74, 6) is 0. The van der Waals surface area contributed by atoms with Crippen LogP contribution in [0.4, 0.5) is 0 Å². The maximum atomic E-state index is 13.1. The molecule has 0 spiro atoms. The van der Waals surface area contributed by atoms with Crippen LogP contribution in [-0.4, -0.2) is 73.4 Å². The first-order chi connectivity index (χ1) is 14.8. The minimum Gasteiger partial charge on any atom is -0.423 e. The summed E-state index contributed by atoms with van der Waals surface area (Å²) in [4.78, 5) is 14.3. The molecule has 0 aliphatic carbocycles. The van der Waals surface area contributed by atoms with Crippen molar-refractivity contribution in [3.8, 4) is 0 Å². The minimum atomic E-state index is -3.50. The molecule has 4 rings (SSSR count). The number of aryl methyl sites for hydroxylation is 1. The number of rotatable bonds is 5. The van der Waals surface area contributed by atoms with E-state index in [1.807, 2.05) is 26.0 Å². The zero-order valence-electron chi connectivity index (χ0n) is 18.4. The smallest absolute Gasteiger partial charge is 0.336 e. The fraction of sp³-hybridized carbons (Fsp3) is 0.591. The van der Waals surface area contributed by atoms with Crippen LogP contribution in [0, 0.1) is 0 Å². The summed E-state index contributed by atoms with van der Waals surface area (Å²) in [7, 11) is -3.50. The highest BCUT2D eigenvalue weighted by Gasteiger charge is 2.36. The largest absolute Gasteiger partial charge is 0.423 e. The van der Waals surface area contributed by atoms with Gasteiger partial charge in [0.05, 0.1) is 12.2 Å². The molecule has 2 aromatic rings. The lowest BCUT2D eigenvalue weighted by molar-refractivity contribution is -0.0457. The molecule has 31 heavy (non-hydrogen) atoms. The predicted molar refractivity (Wildman–Crippen MR) is 119 cm³/mol. The Kier molecular flexibility index (Phi) is 6.50. The Balaban J connectivity index is 1.44.